The lowest BCUT2D eigenvalue weighted by atomic mass is 9.49. The van der Waals surface area contributed by atoms with Gasteiger partial charge in [-0.05, 0) is 35.8 Å². The van der Waals surface area contributed by atoms with Crippen molar-refractivity contribution in [2.75, 3.05) is 28.4 Å². The molecular weight excluding hydrogens is 576 g/mol. The van der Waals surface area contributed by atoms with Crippen molar-refractivity contribution in [3.63, 3.8) is 0 Å². The summed E-state index contributed by atoms with van der Waals surface area (Å²) < 4.78 is 25.0. The maximum Gasteiger partial charge on any atom is 0.337 e. The first-order valence-corrected chi connectivity index (χ1v) is 13.5. The van der Waals surface area contributed by atoms with Gasteiger partial charge in [-0.1, -0.05) is 42.5 Å². The molecule has 0 heterocycles. The van der Waals surface area contributed by atoms with Gasteiger partial charge in [-0.2, -0.15) is 0 Å². The lowest BCUT2D eigenvalue weighted by Crippen LogP contribution is -2.68. The number of rotatable bonds is 8. The Morgan fingerprint density at radius 3 is 1.89 bits per heavy atom. The van der Waals surface area contributed by atoms with Gasteiger partial charge in [0.1, 0.15) is 23.0 Å². The average Bonchev–Trinajstić information content (AvgIpc) is 3.03. The van der Waals surface area contributed by atoms with Crippen molar-refractivity contribution < 1.29 is 57.9 Å². The predicted octanol–water partition coefficient (Wildman–Crippen LogP) is 2.51. The van der Waals surface area contributed by atoms with Gasteiger partial charge in [0.2, 0.25) is 0 Å². The molecule has 2 bridgehead atoms. The molecule has 6 atom stereocenters. The smallest absolute Gasteiger partial charge is 0.337 e. The highest BCUT2D eigenvalue weighted by atomic mass is 16.5. The van der Waals surface area contributed by atoms with Crippen molar-refractivity contribution in [3.8, 4) is 5.75 Å². The van der Waals surface area contributed by atoms with Gasteiger partial charge in [0.15, 0.2) is 0 Å². The summed E-state index contributed by atoms with van der Waals surface area (Å²) in [5, 5.41) is 23.6. The van der Waals surface area contributed by atoms with Gasteiger partial charge >= 0.3 is 29.8 Å². The Labute approximate surface area is 252 Å². The minimum Gasteiger partial charge on any atom is -0.511 e. The molecule has 44 heavy (non-hydrogen) atoms. The molecule has 2 aromatic rings. The molecule has 2 aliphatic carbocycles. The molecular formula is C32H32O12. The number of aliphatic hydroxyl groups is 2. The lowest BCUT2D eigenvalue weighted by Gasteiger charge is -2.55. The standard InChI is InChI=1S/C32H32O12/c1-40-28(35)23-21-16-20(18-11-13-19(14-12-18)44-22(33)15-10-17-8-6-5-7-9-17)24(29(36)41-2)32(39,25(21)30(37)42-3)26(27(23)34)31(38)43-4/h5-15,20-21,24-26,34,39H,16H2,1-4H3/t20?,21-,24+,25+,26?,32+/m0/s1. The molecule has 2 unspecified atom stereocenters. The van der Waals surface area contributed by atoms with Gasteiger partial charge in [-0.15, -0.1) is 0 Å². The summed E-state index contributed by atoms with van der Waals surface area (Å²) in [7, 11) is 4.15. The zero-order valence-corrected chi connectivity index (χ0v) is 24.4. The maximum absolute atomic E-state index is 13.4. The zero-order chi connectivity index (χ0) is 32.2. The van der Waals surface area contributed by atoms with Crippen LogP contribution in [0.5, 0.6) is 5.75 Å². The first-order chi connectivity index (χ1) is 21.0. The second-order valence-corrected chi connectivity index (χ2v) is 10.3. The molecule has 1 saturated carbocycles. The first kappa shape index (κ1) is 32.0. The van der Waals surface area contributed by atoms with Crippen LogP contribution in [-0.2, 0) is 42.9 Å². The Bertz CT molecular complexity index is 1490. The normalized spacial score (nSPS) is 26.0. The summed E-state index contributed by atoms with van der Waals surface area (Å²) in [5.41, 5.74) is -1.86. The Morgan fingerprint density at radius 2 is 1.34 bits per heavy atom. The molecule has 4 rings (SSSR count). The molecule has 0 radical (unpaired) electrons. The van der Waals surface area contributed by atoms with Gasteiger partial charge in [-0.25, -0.2) is 9.59 Å². The monoisotopic (exact) mass is 608 g/mol. The van der Waals surface area contributed by atoms with Crippen molar-refractivity contribution in [1.82, 2.24) is 0 Å². The van der Waals surface area contributed by atoms with Crippen LogP contribution in [0.15, 0.2) is 72.0 Å². The van der Waals surface area contributed by atoms with Crippen LogP contribution in [0.3, 0.4) is 0 Å². The number of ether oxygens (including phenoxy) is 5. The van der Waals surface area contributed by atoms with Gasteiger partial charge < -0.3 is 33.9 Å². The number of fused-ring (bicyclic) bond motifs is 2. The van der Waals surface area contributed by atoms with Crippen LogP contribution in [0.25, 0.3) is 6.08 Å². The second-order valence-electron chi connectivity index (χ2n) is 10.3. The second kappa shape index (κ2) is 13.1. The third kappa shape index (κ3) is 5.68. The summed E-state index contributed by atoms with van der Waals surface area (Å²) in [4.78, 5) is 65.0. The SMILES string of the molecule is COC(=O)C1=C(O)C(C(=O)OC)[C@@]2(O)[C@@H](C(=O)OC)C(c3ccc(OC(=O)C=Cc4ccccc4)cc3)C[C@@H]1[C@@H]2C(=O)OC. The molecule has 12 heteroatoms. The maximum atomic E-state index is 13.4. The largest absolute Gasteiger partial charge is 0.511 e. The fourth-order valence-corrected chi connectivity index (χ4v) is 6.33. The van der Waals surface area contributed by atoms with Crippen LogP contribution in [0, 0.1) is 23.7 Å². The van der Waals surface area contributed by atoms with E-state index in [1.54, 1.807) is 6.08 Å². The van der Waals surface area contributed by atoms with E-state index in [0.29, 0.717) is 5.56 Å². The highest BCUT2D eigenvalue weighted by molar-refractivity contribution is 5.96. The average molecular weight is 609 g/mol. The molecule has 0 spiro atoms. The minimum atomic E-state index is -2.66. The number of benzene rings is 2. The minimum absolute atomic E-state index is 0.150. The van der Waals surface area contributed by atoms with Gasteiger partial charge in [0.25, 0.3) is 0 Å². The summed E-state index contributed by atoms with van der Waals surface area (Å²) in [5.74, 6) is -13.2. The van der Waals surface area contributed by atoms with Crippen molar-refractivity contribution in [2.45, 2.75) is 17.9 Å². The number of carbonyl (C=O) groups excluding carboxylic acids is 5. The van der Waals surface area contributed by atoms with E-state index in [-0.39, 0.29) is 12.2 Å². The quantitative estimate of drug-likeness (QED) is 0.194. The summed E-state index contributed by atoms with van der Waals surface area (Å²) in [6.07, 6.45) is 2.71. The molecule has 1 fully saturated rings. The number of esters is 5. The van der Waals surface area contributed by atoms with Crippen LogP contribution in [0.1, 0.15) is 23.5 Å². The Morgan fingerprint density at radius 1 is 0.773 bits per heavy atom. The number of aliphatic hydroxyl groups excluding tert-OH is 1. The van der Waals surface area contributed by atoms with Crippen LogP contribution in [0.2, 0.25) is 0 Å². The van der Waals surface area contributed by atoms with Crippen LogP contribution in [0.4, 0.5) is 0 Å². The molecule has 2 aromatic carbocycles. The topological polar surface area (TPSA) is 172 Å². The van der Waals surface area contributed by atoms with E-state index in [1.807, 2.05) is 30.3 Å². The summed E-state index contributed by atoms with van der Waals surface area (Å²) >= 11 is 0. The Balaban J connectivity index is 1.78. The van der Waals surface area contributed by atoms with Crippen molar-refractivity contribution in [2.24, 2.45) is 23.7 Å². The molecule has 12 nitrogen and oxygen atoms in total. The number of carbonyl (C=O) groups is 5. The van der Waals surface area contributed by atoms with Gasteiger partial charge in [0.05, 0.1) is 45.8 Å². The van der Waals surface area contributed by atoms with Gasteiger partial charge in [0, 0.05) is 17.9 Å². The van der Waals surface area contributed by atoms with Crippen LogP contribution < -0.4 is 4.74 Å². The molecule has 0 saturated heterocycles. The van der Waals surface area contributed by atoms with Crippen LogP contribution in [-0.4, -0.2) is 74.1 Å². The lowest BCUT2D eigenvalue weighted by molar-refractivity contribution is -0.208. The zero-order valence-electron chi connectivity index (χ0n) is 24.4. The highest BCUT2D eigenvalue weighted by Crippen LogP contribution is 2.60. The molecule has 2 N–H and O–H groups in total. The first-order valence-electron chi connectivity index (χ1n) is 13.5. The molecule has 0 aromatic heterocycles. The third-order valence-electron chi connectivity index (χ3n) is 8.18. The number of hydrogen-bond acceptors (Lipinski definition) is 12. The van der Waals surface area contributed by atoms with Crippen molar-refractivity contribution in [1.29, 1.82) is 0 Å². The third-order valence-corrected chi connectivity index (χ3v) is 8.18. The van der Waals surface area contributed by atoms with E-state index >= 15 is 0 Å². The molecule has 2 aliphatic rings. The van der Waals surface area contributed by atoms with E-state index in [2.05, 4.69) is 0 Å². The molecule has 0 aliphatic heterocycles. The summed E-state index contributed by atoms with van der Waals surface area (Å²) in [6.45, 7) is 0. The highest BCUT2D eigenvalue weighted by Gasteiger charge is 2.71. The fourth-order valence-electron chi connectivity index (χ4n) is 6.33. The number of hydrogen-bond donors (Lipinski definition) is 2. The van der Waals surface area contributed by atoms with Crippen LogP contribution >= 0.6 is 0 Å². The van der Waals surface area contributed by atoms with Gasteiger partial charge in [-0.3, -0.25) is 14.4 Å². The van der Waals surface area contributed by atoms with E-state index < -0.39 is 76.4 Å². The van der Waals surface area contributed by atoms with E-state index in [1.165, 1.54) is 30.3 Å². The summed E-state index contributed by atoms with van der Waals surface area (Å²) in [6, 6.07) is 15.2. The molecule has 232 valence electrons. The van der Waals surface area contributed by atoms with E-state index in [9.17, 15) is 34.2 Å². The fraction of sp³-hybridized carbons (Fsp3) is 0.344. The number of methoxy groups -OCH3 is 4. The molecule has 0 amide bonds. The van der Waals surface area contributed by atoms with E-state index in [4.69, 9.17) is 23.7 Å². The Kier molecular flexibility index (Phi) is 9.53. The van der Waals surface area contributed by atoms with E-state index in [0.717, 1.165) is 34.0 Å². The van der Waals surface area contributed by atoms with Crippen molar-refractivity contribution in [3.05, 3.63) is 83.1 Å². The predicted molar refractivity (Wildman–Crippen MR) is 152 cm³/mol. The van der Waals surface area contributed by atoms with Crippen molar-refractivity contribution >= 4 is 35.9 Å². The Hall–Kier alpha value is -4.97.